The third kappa shape index (κ3) is 2.22. The highest BCUT2D eigenvalue weighted by Crippen LogP contribution is 2.15. The Balaban J connectivity index is 1.97. The lowest BCUT2D eigenvalue weighted by molar-refractivity contribution is 0.112. The average molecular weight is 255 g/mol. The molecule has 0 atom stereocenters. The van der Waals surface area contributed by atoms with Crippen LogP contribution in [0.5, 0.6) is 0 Å². The molecule has 0 aliphatic heterocycles. The maximum atomic E-state index is 12.8. The zero-order valence-electron chi connectivity index (χ0n) is 9.95. The van der Waals surface area contributed by atoms with Gasteiger partial charge in [-0.2, -0.15) is 0 Å². The first kappa shape index (κ1) is 11.5. The van der Waals surface area contributed by atoms with Crippen LogP contribution in [-0.2, 0) is 6.54 Å². The summed E-state index contributed by atoms with van der Waals surface area (Å²) < 4.78 is 14.7. The summed E-state index contributed by atoms with van der Waals surface area (Å²) in [6.07, 6.45) is 5.37. The molecule has 0 N–H and O–H groups in total. The van der Waals surface area contributed by atoms with E-state index in [9.17, 15) is 9.18 Å². The van der Waals surface area contributed by atoms with E-state index in [4.69, 9.17) is 0 Å². The predicted molar refractivity (Wildman–Crippen MR) is 68.4 cm³/mol. The minimum absolute atomic E-state index is 0.352. The van der Waals surface area contributed by atoms with Crippen LogP contribution in [0.4, 0.5) is 4.39 Å². The van der Waals surface area contributed by atoms with Crippen LogP contribution >= 0.6 is 0 Å². The SMILES string of the molecule is O=Cc1cnc2c(ccn2Cc2ccc(F)cn2)c1. The van der Waals surface area contributed by atoms with Crippen molar-refractivity contribution in [1.29, 1.82) is 0 Å². The Bertz CT molecular complexity index is 734. The van der Waals surface area contributed by atoms with Gasteiger partial charge in [0.05, 0.1) is 18.4 Å². The molecule has 3 aromatic rings. The van der Waals surface area contributed by atoms with E-state index in [2.05, 4.69) is 9.97 Å². The summed E-state index contributed by atoms with van der Waals surface area (Å²) in [7, 11) is 0. The van der Waals surface area contributed by atoms with E-state index in [-0.39, 0.29) is 5.82 Å². The molecule has 3 heterocycles. The lowest BCUT2D eigenvalue weighted by atomic mass is 10.2. The van der Waals surface area contributed by atoms with Crippen LogP contribution < -0.4 is 0 Å². The van der Waals surface area contributed by atoms with E-state index in [0.29, 0.717) is 12.1 Å². The third-order valence-electron chi connectivity index (χ3n) is 2.88. The summed E-state index contributed by atoms with van der Waals surface area (Å²) in [5.74, 6) is -0.352. The Morgan fingerprint density at radius 1 is 1.21 bits per heavy atom. The van der Waals surface area contributed by atoms with Gasteiger partial charge in [0.1, 0.15) is 11.5 Å². The van der Waals surface area contributed by atoms with E-state index in [1.54, 1.807) is 12.1 Å². The van der Waals surface area contributed by atoms with Crippen molar-refractivity contribution in [2.45, 2.75) is 6.54 Å². The van der Waals surface area contributed by atoms with Gasteiger partial charge in [-0.3, -0.25) is 9.78 Å². The fourth-order valence-electron chi connectivity index (χ4n) is 1.96. The van der Waals surface area contributed by atoms with Crippen molar-refractivity contribution in [2.24, 2.45) is 0 Å². The molecule has 0 radical (unpaired) electrons. The first-order valence-corrected chi connectivity index (χ1v) is 5.77. The molecule has 0 fully saturated rings. The van der Waals surface area contributed by atoms with Crippen LogP contribution in [0.25, 0.3) is 11.0 Å². The van der Waals surface area contributed by atoms with E-state index in [1.165, 1.54) is 18.5 Å². The number of hydrogen-bond donors (Lipinski definition) is 0. The number of rotatable bonds is 3. The summed E-state index contributed by atoms with van der Waals surface area (Å²) in [5, 5.41) is 0.895. The van der Waals surface area contributed by atoms with Gasteiger partial charge < -0.3 is 4.57 Å². The highest BCUT2D eigenvalue weighted by atomic mass is 19.1. The Labute approximate surface area is 108 Å². The molecular formula is C14H10FN3O. The highest BCUT2D eigenvalue weighted by molar-refractivity contribution is 5.84. The van der Waals surface area contributed by atoms with Gasteiger partial charge in [0.25, 0.3) is 0 Å². The maximum absolute atomic E-state index is 12.8. The number of pyridine rings is 2. The summed E-state index contributed by atoms with van der Waals surface area (Å²) in [6, 6.07) is 6.69. The largest absolute Gasteiger partial charge is 0.327 e. The minimum Gasteiger partial charge on any atom is -0.327 e. The van der Waals surface area contributed by atoms with E-state index < -0.39 is 0 Å². The standard InChI is InChI=1S/C14H10FN3O/c15-12-1-2-13(16-7-12)8-18-4-3-11-5-10(9-19)6-17-14(11)18/h1-7,9H,8H2. The lowest BCUT2D eigenvalue weighted by Crippen LogP contribution is -2.01. The predicted octanol–water partition coefficient (Wildman–Crippen LogP) is 2.43. The van der Waals surface area contributed by atoms with Crippen molar-refractivity contribution in [2.75, 3.05) is 0 Å². The van der Waals surface area contributed by atoms with E-state index >= 15 is 0 Å². The van der Waals surface area contributed by atoms with Gasteiger partial charge in [0.15, 0.2) is 6.29 Å². The van der Waals surface area contributed by atoms with Crippen LogP contribution in [-0.4, -0.2) is 20.8 Å². The smallest absolute Gasteiger partial charge is 0.151 e. The second kappa shape index (κ2) is 4.61. The van der Waals surface area contributed by atoms with Crippen molar-refractivity contribution in [3.8, 4) is 0 Å². The molecule has 0 aromatic carbocycles. The van der Waals surface area contributed by atoms with Crippen molar-refractivity contribution in [3.63, 3.8) is 0 Å². The van der Waals surface area contributed by atoms with Crippen molar-refractivity contribution in [1.82, 2.24) is 14.5 Å². The quantitative estimate of drug-likeness (QED) is 0.675. The molecule has 0 aliphatic carbocycles. The zero-order chi connectivity index (χ0) is 13.2. The lowest BCUT2D eigenvalue weighted by Gasteiger charge is -2.04. The molecule has 3 aromatic heterocycles. The van der Waals surface area contributed by atoms with Crippen molar-refractivity contribution < 1.29 is 9.18 Å². The van der Waals surface area contributed by atoms with Gasteiger partial charge in [-0.05, 0) is 24.3 Å². The maximum Gasteiger partial charge on any atom is 0.151 e. The molecule has 19 heavy (non-hydrogen) atoms. The third-order valence-corrected chi connectivity index (χ3v) is 2.88. The summed E-state index contributed by atoms with van der Waals surface area (Å²) >= 11 is 0. The first-order valence-electron chi connectivity index (χ1n) is 5.77. The topological polar surface area (TPSA) is 47.8 Å². The molecule has 0 amide bonds. The van der Waals surface area contributed by atoms with Crippen LogP contribution in [0, 0.1) is 5.82 Å². The Kier molecular flexibility index (Phi) is 2.79. The molecule has 0 aliphatic rings. The van der Waals surface area contributed by atoms with Gasteiger partial charge >= 0.3 is 0 Å². The summed E-state index contributed by atoms with van der Waals surface area (Å²) in [6.45, 7) is 0.511. The minimum atomic E-state index is -0.352. The molecular weight excluding hydrogens is 245 g/mol. The van der Waals surface area contributed by atoms with Gasteiger partial charge in [-0.15, -0.1) is 0 Å². The van der Waals surface area contributed by atoms with Gasteiger partial charge in [0, 0.05) is 23.3 Å². The Hall–Kier alpha value is -2.56. The molecule has 3 rings (SSSR count). The van der Waals surface area contributed by atoms with Gasteiger partial charge in [0.2, 0.25) is 0 Å². The molecule has 0 saturated heterocycles. The first-order chi connectivity index (χ1) is 9.26. The van der Waals surface area contributed by atoms with Gasteiger partial charge in [-0.25, -0.2) is 9.37 Å². The molecule has 0 bridgehead atoms. The average Bonchev–Trinajstić information content (AvgIpc) is 2.83. The molecule has 0 unspecified atom stereocenters. The number of carbonyl (C=O) groups is 1. The van der Waals surface area contributed by atoms with Crippen molar-refractivity contribution >= 4 is 17.3 Å². The van der Waals surface area contributed by atoms with Crippen LogP contribution in [0.15, 0.2) is 42.9 Å². The molecule has 5 heteroatoms. The number of aromatic nitrogens is 3. The number of aldehydes is 1. The highest BCUT2D eigenvalue weighted by Gasteiger charge is 2.05. The monoisotopic (exact) mass is 255 g/mol. The summed E-state index contributed by atoms with van der Waals surface area (Å²) in [5.41, 5.74) is 2.07. The van der Waals surface area contributed by atoms with Crippen molar-refractivity contribution in [3.05, 3.63) is 59.9 Å². The molecule has 4 nitrogen and oxygen atoms in total. The molecule has 94 valence electrons. The number of carbonyl (C=O) groups excluding carboxylic acids is 1. The number of nitrogens with zero attached hydrogens (tertiary/aromatic N) is 3. The number of halogens is 1. The van der Waals surface area contributed by atoms with Crippen LogP contribution in [0.2, 0.25) is 0 Å². The zero-order valence-corrected chi connectivity index (χ0v) is 9.95. The van der Waals surface area contributed by atoms with Gasteiger partial charge in [-0.1, -0.05) is 0 Å². The number of hydrogen-bond acceptors (Lipinski definition) is 3. The van der Waals surface area contributed by atoms with Crippen LogP contribution in [0.1, 0.15) is 16.1 Å². The second-order valence-corrected chi connectivity index (χ2v) is 4.21. The Morgan fingerprint density at radius 2 is 2.11 bits per heavy atom. The fourth-order valence-corrected chi connectivity index (χ4v) is 1.96. The summed E-state index contributed by atoms with van der Waals surface area (Å²) in [4.78, 5) is 19.0. The Morgan fingerprint density at radius 3 is 2.84 bits per heavy atom. The molecule has 0 spiro atoms. The fraction of sp³-hybridized carbons (Fsp3) is 0.0714. The van der Waals surface area contributed by atoms with Crippen LogP contribution in [0.3, 0.4) is 0 Å². The number of fused-ring (bicyclic) bond motifs is 1. The normalized spacial score (nSPS) is 10.8. The second-order valence-electron chi connectivity index (χ2n) is 4.21. The van der Waals surface area contributed by atoms with E-state index in [1.807, 2.05) is 16.8 Å². The van der Waals surface area contributed by atoms with E-state index in [0.717, 1.165) is 23.0 Å². The molecule has 0 saturated carbocycles.